The van der Waals surface area contributed by atoms with Crippen molar-refractivity contribution in [3.8, 4) is 0 Å². The molecule has 148 valence electrons. The molecule has 10 heteroatoms. The number of rotatable bonds is 7. The summed E-state index contributed by atoms with van der Waals surface area (Å²) in [6, 6.07) is 7.65. The Morgan fingerprint density at radius 3 is 2.50 bits per heavy atom. The van der Waals surface area contributed by atoms with Gasteiger partial charge in [0.2, 0.25) is 0 Å². The monoisotopic (exact) mass is 407 g/mol. The van der Waals surface area contributed by atoms with Crippen molar-refractivity contribution >= 4 is 35.4 Å². The van der Waals surface area contributed by atoms with Crippen LogP contribution in [0.15, 0.2) is 47.1 Å². The molecular formula is C18H18ClN3O6. The molecule has 1 aromatic heterocycles. The molecule has 1 aromatic carbocycles. The first kappa shape index (κ1) is 21.0. The van der Waals surface area contributed by atoms with E-state index < -0.39 is 36.5 Å². The second-order valence-electron chi connectivity index (χ2n) is 5.62. The van der Waals surface area contributed by atoms with Gasteiger partial charge in [0.15, 0.2) is 6.61 Å². The summed E-state index contributed by atoms with van der Waals surface area (Å²) in [5.74, 6) is -1.63. The van der Waals surface area contributed by atoms with Crippen molar-refractivity contribution in [3.63, 3.8) is 0 Å². The molecule has 1 heterocycles. The van der Waals surface area contributed by atoms with Crippen LogP contribution in [-0.4, -0.2) is 36.5 Å². The number of hydrogen-bond donors (Lipinski definition) is 3. The van der Waals surface area contributed by atoms with E-state index >= 15 is 0 Å². The lowest BCUT2D eigenvalue weighted by Crippen LogP contribution is -2.43. The quantitative estimate of drug-likeness (QED) is 0.598. The summed E-state index contributed by atoms with van der Waals surface area (Å²) in [5.41, 5.74) is 0.315. The molecule has 0 saturated heterocycles. The van der Waals surface area contributed by atoms with Gasteiger partial charge in [0.1, 0.15) is 11.8 Å². The van der Waals surface area contributed by atoms with Crippen LogP contribution in [0.3, 0.4) is 0 Å². The fraction of sp³-hybridized carbons (Fsp3) is 0.222. The number of benzene rings is 1. The standard InChI is InChI=1S/C18H18ClN3O6/c1-11(21-16(24)12-4-6-13(19)7-5-12)17(25)28-10-15(23)22-18(26)20-9-14-3-2-8-27-14/h2-8,11H,9-10H2,1H3,(H,21,24)(H2,20,22,23,26)/t11-/m0/s1. The minimum absolute atomic E-state index is 0.0969. The molecule has 4 amide bonds. The van der Waals surface area contributed by atoms with E-state index in [1.54, 1.807) is 24.3 Å². The van der Waals surface area contributed by atoms with Crippen molar-refractivity contribution < 1.29 is 28.3 Å². The lowest BCUT2D eigenvalue weighted by atomic mass is 10.2. The smallest absolute Gasteiger partial charge is 0.328 e. The normalized spacial score (nSPS) is 11.2. The molecule has 0 bridgehead atoms. The second-order valence-corrected chi connectivity index (χ2v) is 6.06. The van der Waals surface area contributed by atoms with Crippen LogP contribution in [-0.2, 0) is 20.9 Å². The van der Waals surface area contributed by atoms with Crippen LogP contribution in [0.5, 0.6) is 0 Å². The first-order valence-corrected chi connectivity index (χ1v) is 8.56. The third-order valence-corrected chi connectivity index (χ3v) is 3.66. The molecule has 0 unspecified atom stereocenters. The van der Waals surface area contributed by atoms with Crippen molar-refractivity contribution in [1.82, 2.24) is 16.0 Å². The van der Waals surface area contributed by atoms with E-state index in [2.05, 4.69) is 10.6 Å². The number of hydrogen-bond acceptors (Lipinski definition) is 6. The van der Waals surface area contributed by atoms with Crippen LogP contribution in [0.2, 0.25) is 5.02 Å². The number of halogens is 1. The SMILES string of the molecule is C[C@H](NC(=O)c1ccc(Cl)cc1)C(=O)OCC(=O)NC(=O)NCc1ccco1. The number of carbonyl (C=O) groups is 4. The Balaban J connectivity index is 1.69. The summed E-state index contributed by atoms with van der Waals surface area (Å²) < 4.78 is 9.81. The molecule has 3 N–H and O–H groups in total. The Hall–Kier alpha value is -3.33. The third kappa shape index (κ3) is 6.76. The molecule has 9 nitrogen and oxygen atoms in total. The molecule has 0 fully saturated rings. The van der Waals surface area contributed by atoms with Crippen LogP contribution in [0.4, 0.5) is 4.79 Å². The molecule has 2 aromatic rings. The average molecular weight is 408 g/mol. The van der Waals surface area contributed by atoms with Gasteiger partial charge in [0.05, 0.1) is 12.8 Å². The Bertz CT molecular complexity index is 836. The van der Waals surface area contributed by atoms with Crippen LogP contribution in [0.1, 0.15) is 23.0 Å². The van der Waals surface area contributed by atoms with E-state index in [9.17, 15) is 19.2 Å². The maximum Gasteiger partial charge on any atom is 0.328 e. The van der Waals surface area contributed by atoms with Crippen LogP contribution in [0.25, 0.3) is 0 Å². The Morgan fingerprint density at radius 2 is 1.86 bits per heavy atom. The Morgan fingerprint density at radius 1 is 1.14 bits per heavy atom. The zero-order valence-corrected chi connectivity index (χ0v) is 15.6. The number of ether oxygens (including phenoxy) is 1. The number of urea groups is 1. The topological polar surface area (TPSA) is 127 Å². The van der Waals surface area contributed by atoms with Gasteiger partial charge < -0.3 is 19.8 Å². The minimum atomic E-state index is -0.997. The van der Waals surface area contributed by atoms with Gasteiger partial charge in [-0.2, -0.15) is 0 Å². The van der Waals surface area contributed by atoms with Crippen molar-refractivity contribution in [2.75, 3.05) is 6.61 Å². The molecule has 0 aliphatic rings. The molecule has 28 heavy (non-hydrogen) atoms. The largest absolute Gasteiger partial charge is 0.467 e. The predicted octanol–water partition coefficient (Wildman–Crippen LogP) is 1.62. The van der Waals surface area contributed by atoms with Crippen molar-refractivity contribution in [2.45, 2.75) is 19.5 Å². The molecule has 0 saturated carbocycles. The van der Waals surface area contributed by atoms with Gasteiger partial charge in [0, 0.05) is 10.6 Å². The van der Waals surface area contributed by atoms with Crippen LogP contribution < -0.4 is 16.0 Å². The summed E-state index contributed by atoms with van der Waals surface area (Å²) in [4.78, 5) is 47.1. The summed E-state index contributed by atoms with van der Waals surface area (Å²) in [5, 5.41) is 7.32. The highest BCUT2D eigenvalue weighted by molar-refractivity contribution is 6.30. The summed E-state index contributed by atoms with van der Waals surface area (Å²) >= 11 is 5.75. The van der Waals surface area contributed by atoms with Gasteiger partial charge in [-0.05, 0) is 43.3 Å². The van der Waals surface area contributed by atoms with E-state index in [0.717, 1.165) is 0 Å². The van der Waals surface area contributed by atoms with Gasteiger partial charge in [-0.25, -0.2) is 9.59 Å². The van der Waals surface area contributed by atoms with E-state index in [0.29, 0.717) is 16.3 Å². The highest BCUT2D eigenvalue weighted by Gasteiger charge is 2.19. The lowest BCUT2D eigenvalue weighted by Gasteiger charge is -2.13. The summed E-state index contributed by atoms with van der Waals surface area (Å²) in [6.45, 7) is 0.831. The number of esters is 1. The molecule has 0 aliphatic carbocycles. The highest BCUT2D eigenvalue weighted by Crippen LogP contribution is 2.09. The molecule has 1 atom stereocenters. The summed E-state index contributed by atoms with van der Waals surface area (Å²) in [6.07, 6.45) is 1.45. The predicted molar refractivity (Wildman–Crippen MR) is 98.4 cm³/mol. The zero-order chi connectivity index (χ0) is 20.5. The van der Waals surface area contributed by atoms with Crippen LogP contribution >= 0.6 is 11.6 Å². The molecule has 0 spiro atoms. The van der Waals surface area contributed by atoms with Gasteiger partial charge >= 0.3 is 12.0 Å². The summed E-state index contributed by atoms with van der Waals surface area (Å²) in [7, 11) is 0. The lowest BCUT2D eigenvalue weighted by molar-refractivity contribution is -0.149. The van der Waals surface area contributed by atoms with E-state index in [1.807, 2.05) is 5.32 Å². The van der Waals surface area contributed by atoms with Gasteiger partial charge in [0.25, 0.3) is 11.8 Å². The molecule has 2 rings (SSSR count). The van der Waals surface area contributed by atoms with Crippen LogP contribution in [0, 0.1) is 0 Å². The number of furan rings is 1. The number of amides is 4. The first-order valence-electron chi connectivity index (χ1n) is 8.18. The van der Waals surface area contributed by atoms with E-state index in [1.165, 1.54) is 25.3 Å². The van der Waals surface area contributed by atoms with Gasteiger partial charge in [-0.1, -0.05) is 11.6 Å². The zero-order valence-electron chi connectivity index (χ0n) is 14.9. The highest BCUT2D eigenvalue weighted by atomic mass is 35.5. The molecule has 0 radical (unpaired) electrons. The Labute approximate surface area is 165 Å². The van der Waals surface area contributed by atoms with Gasteiger partial charge in [-0.3, -0.25) is 14.9 Å². The van der Waals surface area contributed by atoms with Crippen molar-refractivity contribution in [1.29, 1.82) is 0 Å². The molecular weight excluding hydrogens is 390 g/mol. The fourth-order valence-corrected chi connectivity index (χ4v) is 2.12. The second kappa shape index (κ2) is 10.1. The van der Waals surface area contributed by atoms with Gasteiger partial charge in [-0.15, -0.1) is 0 Å². The molecule has 0 aliphatic heterocycles. The maximum absolute atomic E-state index is 12.0. The number of carbonyl (C=O) groups excluding carboxylic acids is 4. The average Bonchev–Trinajstić information content (AvgIpc) is 3.18. The maximum atomic E-state index is 12.0. The Kier molecular flexibility index (Phi) is 7.58. The first-order chi connectivity index (χ1) is 13.3. The van der Waals surface area contributed by atoms with E-state index in [4.69, 9.17) is 20.8 Å². The number of nitrogens with one attached hydrogen (secondary N) is 3. The van der Waals surface area contributed by atoms with Crippen molar-refractivity contribution in [3.05, 3.63) is 59.0 Å². The van der Waals surface area contributed by atoms with E-state index in [-0.39, 0.29) is 6.54 Å². The minimum Gasteiger partial charge on any atom is -0.467 e. The van der Waals surface area contributed by atoms with Crippen molar-refractivity contribution in [2.24, 2.45) is 0 Å². The fourth-order valence-electron chi connectivity index (χ4n) is 1.99. The third-order valence-electron chi connectivity index (χ3n) is 3.41. The number of imide groups is 1.